The molecule has 1 fully saturated rings. The van der Waals surface area contributed by atoms with E-state index in [-0.39, 0.29) is 42.8 Å². The summed E-state index contributed by atoms with van der Waals surface area (Å²) in [6, 6.07) is 6.52. The SMILES string of the molecule is CCOC(=O)c1nn(CC(=O)c2cccc(Cl)c2)c(C(=O)OCC)c1C1CC1. The van der Waals surface area contributed by atoms with Crippen molar-refractivity contribution in [2.45, 2.75) is 39.2 Å². The molecular weight excluding hydrogens is 384 g/mol. The van der Waals surface area contributed by atoms with E-state index in [4.69, 9.17) is 21.1 Å². The van der Waals surface area contributed by atoms with Crippen LogP contribution >= 0.6 is 11.6 Å². The third-order valence-corrected chi connectivity index (χ3v) is 4.59. The molecule has 0 amide bonds. The molecule has 1 aliphatic carbocycles. The molecule has 1 aromatic carbocycles. The average Bonchev–Trinajstić information content (AvgIpc) is 3.43. The fraction of sp³-hybridized carbons (Fsp3) is 0.400. The maximum Gasteiger partial charge on any atom is 0.359 e. The molecule has 7 nitrogen and oxygen atoms in total. The number of carbonyl (C=O) groups is 3. The molecule has 0 N–H and O–H groups in total. The van der Waals surface area contributed by atoms with Crippen molar-refractivity contribution >= 4 is 29.3 Å². The van der Waals surface area contributed by atoms with Crippen LogP contribution in [-0.4, -0.2) is 40.7 Å². The van der Waals surface area contributed by atoms with Crippen molar-refractivity contribution in [3.63, 3.8) is 0 Å². The van der Waals surface area contributed by atoms with Crippen LogP contribution in [0.4, 0.5) is 0 Å². The van der Waals surface area contributed by atoms with Gasteiger partial charge in [-0.15, -0.1) is 0 Å². The summed E-state index contributed by atoms with van der Waals surface area (Å²) in [4.78, 5) is 37.7. The molecule has 3 rings (SSSR count). The predicted molar refractivity (Wildman–Crippen MR) is 102 cm³/mol. The van der Waals surface area contributed by atoms with Gasteiger partial charge < -0.3 is 9.47 Å². The Balaban J connectivity index is 2.03. The first-order valence-corrected chi connectivity index (χ1v) is 9.57. The monoisotopic (exact) mass is 404 g/mol. The van der Waals surface area contributed by atoms with Gasteiger partial charge in [-0.3, -0.25) is 4.79 Å². The van der Waals surface area contributed by atoms with Crippen LogP contribution in [-0.2, 0) is 16.0 Å². The van der Waals surface area contributed by atoms with E-state index in [9.17, 15) is 14.4 Å². The predicted octanol–water partition coefficient (Wildman–Crippen LogP) is 3.65. The second kappa shape index (κ2) is 8.56. The highest BCUT2D eigenvalue weighted by Crippen LogP contribution is 2.44. The van der Waals surface area contributed by atoms with Crippen molar-refractivity contribution < 1.29 is 23.9 Å². The van der Waals surface area contributed by atoms with Crippen molar-refractivity contribution in [1.82, 2.24) is 9.78 Å². The summed E-state index contributed by atoms with van der Waals surface area (Å²) in [7, 11) is 0. The van der Waals surface area contributed by atoms with Crippen LogP contribution < -0.4 is 0 Å². The van der Waals surface area contributed by atoms with Crippen molar-refractivity contribution in [1.29, 1.82) is 0 Å². The van der Waals surface area contributed by atoms with E-state index in [1.807, 2.05) is 0 Å². The fourth-order valence-corrected chi connectivity index (χ4v) is 3.19. The van der Waals surface area contributed by atoms with E-state index in [0.29, 0.717) is 16.1 Å². The van der Waals surface area contributed by atoms with Crippen LogP contribution in [0.15, 0.2) is 24.3 Å². The van der Waals surface area contributed by atoms with Gasteiger partial charge in [0, 0.05) is 16.1 Å². The number of benzene rings is 1. The molecule has 0 unspecified atom stereocenters. The Hall–Kier alpha value is -2.67. The molecule has 8 heteroatoms. The lowest BCUT2D eigenvalue weighted by atomic mass is 10.1. The number of halogens is 1. The molecule has 1 saturated carbocycles. The number of ether oxygens (including phenoxy) is 2. The quantitative estimate of drug-likeness (QED) is 0.493. The number of rotatable bonds is 8. The van der Waals surface area contributed by atoms with E-state index >= 15 is 0 Å². The summed E-state index contributed by atoms with van der Waals surface area (Å²) in [5.41, 5.74) is 1.12. The fourth-order valence-electron chi connectivity index (χ4n) is 3.00. The van der Waals surface area contributed by atoms with Gasteiger partial charge >= 0.3 is 11.9 Å². The number of hydrogen-bond acceptors (Lipinski definition) is 6. The number of ketones is 1. The van der Waals surface area contributed by atoms with Crippen LogP contribution in [0.25, 0.3) is 0 Å². The van der Waals surface area contributed by atoms with E-state index in [2.05, 4.69) is 5.10 Å². The van der Waals surface area contributed by atoms with Gasteiger partial charge in [-0.25, -0.2) is 14.3 Å². The Morgan fingerprint density at radius 1 is 1.14 bits per heavy atom. The first-order valence-electron chi connectivity index (χ1n) is 9.19. The molecule has 2 aromatic rings. The van der Waals surface area contributed by atoms with Crippen LogP contribution in [0.3, 0.4) is 0 Å². The minimum atomic E-state index is -0.607. The summed E-state index contributed by atoms with van der Waals surface area (Å²) in [6.45, 7) is 3.53. The lowest BCUT2D eigenvalue weighted by Crippen LogP contribution is -2.19. The topological polar surface area (TPSA) is 87.5 Å². The highest BCUT2D eigenvalue weighted by molar-refractivity contribution is 6.31. The molecule has 0 atom stereocenters. The van der Waals surface area contributed by atoms with Crippen LogP contribution in [0, 0.1) is 0 Å². The Labute approximate surface area is 167 Å². The van der Waals surface area contributed by atoms with E-state index in [1.54, 1.807) is 38.1 Å². The van der Waals surface area contributed by atoms with E-state index < -0.39 is 11.9 Å². The van der Waals surface area contributed by atoms with E-state index in [0.717, 1.165) is 12.8 Å². The number of esters is 2. The maximum atomic E-state index is 12.7. The number of carbonyl (C=O) groups excluding carboxylic acids is 3. The summed E-state index contributed by atoms with van der Waals surface area (Å²) in [5, 5.41) is 4.70. The minimum absolute atomic E-state index is 0.0360. The number of Topliss-reactive ketones (excluding diaryl/α,β-unsaturated/α-hetero) is 1. The average molecular weight is 405 g/mol. The van der Waals surface area contributed by atoms with Crippen molar-refractivity contribution in [2.24, 2.45) is 0 Å². The number of nitrogens with zero attached hydrogens (tertiary/aromatic N) is 2. The molecule has 0 saturated heterocycles. The molecule has 28 heavy (non-hydrogen) atoms. The van der Waals surface area contributed by atoms with Crippen molar-refractivity contribution in [3.05, 3.63) is 51.8 Å². The maximum absolute atomic E-state index is 12.7. The molecule has 0 spiro atoms. The minimum Gasteiger partial charge on any atom is -0.461 e. The van der Waals surface area contributed by atoms with Gasteiger partial charge in [-0.05, 0) is 44.7 Å². The Morgan fingerprint density at radius 3 is 2.43 bits per heavy atom. The molecule has 1 aliphatic rings. The largest absolute Gasteiger partial charge is 0.461 e. The first kappa shape index (κ1) is 20.1. The van der Waals surface area contributed by atoms with Crippen molar-refractivity contribution in [2.75, 3.05) is 13.2 Å². The zero-order chi connectivity index (χ0) is 20.3. The molecule has 0 aliphatic heterocycles. The van der Waals surface area contributed by atoms with Crippen LogP contribution in [0.1, 0.15) is 69.5 Å². The zero-order valence-corrected chi connectivity index (χ0v) is 16.5. The smallest absolute Gasteiger partial charge is 0.359 e. The van der Waals surface area contributed by atoms with Gasteiger partial charge in [-0.1, -0.05) is 23.7 Å². The lowest BCUT2D eigenvalue weighted by molar-refractivity contribution is 0.0505. The highest BCUT2D eigenvalue weighted by Gasteiger charge is 2.38. The third kappa shape index (κ3) is 4.25. The standard InChI is InChI=1S/C20H21ClN2O5/c1-3-27-19(25)17-16(12-8-9-12)18(20(26)28-4-2)23(22-17)11-15(24)13-6-5-7-14(21)10-13/h5-7,10,12H,3-4,8-9,11H2,1-2H3. The molecule has 148 valence electrons. The van der Waals surface area contributed by atoms with Gasteiger partial charge in [0.1, 0.15) is 6.54 Å². The zero-order valence-electron chi connectivity index (χ0n) is 15.7. The molecule has 0 bridgehead atoms. The second-order valence-corrected chi connectivity index (χ2v) is 6.85. The lowest BCUT2D eigenvalue weighted by Gasteiger charge is -2.08. The molecule has 0 radical (unpaired) electrons. The van der Waals surface area contributed by atoms with Gasteiger partial charge in [0.2, 0.25) is 0 Å². The van der Waals surface area contributed by atoms with E-state index in [1.165, 1.54) is 4.68 Å². The summed E-state index contributed by atoms with van der Waals surface area (Å²) in [6.07, 6.45) is 1.68. The molecule has 1 aromatic heterocycles. The van der Waals surface area contributed by atoms with Crippen LogP contribution in [0.2, 0.25) is 5.02 Å². The summed E-state index contributed by atoms with van der Waals surface area (Å²) < 4.78 is 11.5. The van der Waals surface area contributed by atoms with Crippen LogP contribution in [0.5, 0.6) is 0 Å². The number of hydrogen-bond donors (Lipinski definition) is 0. The number of aromatic nitrogens is 2. The highest BCUT2D eigenvalue weighted by atomic mass is 35.5. The third-order valence-electron chi connectivity index (χ3n) is 4.35. The van der Waals surface area contributed by atoms with Gasteiger partial charge in [0.25, 0.3) is 0 Å². The summed E-state index contributed by atoms with van der Waals surface area (Å²) >= 11 is 5.96. The molecule has 1 heterocycles. The summed E-state index contributed by atoms with van der Waals surface area (Å²) in [5.74, 6) is -1.46. The second-order valence-electron chi connectivity index (χ2n) is 6.42. The van der Waals surface area contributed by atoms with Gasteiger partial charge in [0.15, 0.2) is 17.2 Å². The first-order chi connectivity index (χ1) is 13.5. The Bertz CT molecular complexity index is 917. The Kier molecular flexibility index (Phi) is 6.14. The van der Waals surface area contributed by atoms with Gasteiger partial charge in [0.05, 0.1) is 13.2 Å². The molecular formula is C20H21ClN2O5. The Morgan fingerprint density at radius 2 is 1.82 bits per heavy atom. The van der Waals surface area contributed by atoms with Crippen molar-refractivity contribution in [3.8, 4) is 0 Å². The normalized spacial score (nSPS) is 13.2. The van der Waals surface area contributed by atoms with Gasteiger partial charge in [-0.2, -0.15) is 5.10 Å².